The number of aryl methyl sites for hydroxylation is 1. The van der Waals surface area contributed by atoms with Crippen LogP contribution in [-0.2, 0) is 4.79 Å². The van der Waals surface area contributed by atoms with Gasteiger partial charge in [0.1, 0.15) is 11.3 Å². The molecule has 0 aliphatic heterocycles. The summed E-state index contributed by atoms with van der Waals surface area (Å²) in [4.78, 5) is 22.8. The van der Waals surface area contributed by atoms with E-state index in [1.807, 2.05) is 13.8 Å². The molecule has 5 nitrogen and oxygen atoms in total. The molecule has 0 radical (unpaired) electrons. The minimum Gasteiger partial charge on any atom is -0.480 e. The van der Waals surface area contributed by atoms with Gasteiger partial charge in [0.25, 0.3) is 5.91 Å². The highest BCUT2D eigenvalue weighted by atomic mass is 16.5. The molecule has 0 fully saturated rings. The van der Waals surface area contributed by atoms with Crippen molar-refractivity contribution < 1.29 is 19.4 Å². The summed E-state index contributed by atoms with van der Waals surface area (Å²) in [7, 11) is 0. The van der Waals surface area contributed by atoms with Crippen LogP contribution in [0.5, 0.6) is 5.75 Å². The van der Waals surface area contributed by atoms with E-state index in [4.69, 9.17) is 9.84 Å². The van der Waals surface area contributed by atoms with Crippen LogP contribution in [0.1, 0.15) is 36.2 Å². The van der Waals surface area contributed by atoms with Gasteiger partial charge in [0.2, 0.25) is 0 Å². The molecule has 19 heavy (non-hydrogen) atoms. The third kappa shape index (κ3) is 4.28. The Kier molecular flexibility index (Phi) is 5.36. The summed E-state index contributed by atoms with van der Waals surface area (Å²) in [5.41, 5.74) is 0.932. The number of carboxylic acids is 1. The summed E-state index contributed by atoms with van der Waals surface area (Å²) in [6.45, 7) is 5.96. The van der Waals surface area contributed by atoms with Gasteiger partial charge in [-0.2, -0.15) is 0 Å². The number of carboxylic acid groups (broad SMARTS) is 1. The number of carbonyl (C=O) groups is 2. The quantitative estimate of drug-likeness (QED) is 0.824. The summed E-state index contributed by atoms with van der Waals surface area (Å²) in [6.07, 6.45) is 0.106. The molecule has 0 aliphatic rings. The van der Waals surface area contributed by atoms with E-state index in [0.717, 1.165) is 12.0 Å². The Morgan fingerprint density at radius 3 is 2.68 bits per heavy atom. The lowest BCUT2D eigenvalue weighted by Crippen LogP contribution is -2.36. The van der Waals surface area contributed by atoms with Crippen molar-refractivity contribution in [3.8, 4) is 5.75 Å². The first-order chi connectivity index (χ1) is 8.95. The number of aromatic carboxylic acids is 1. The zero-order valence-electron chi connectivity index (χ0n) is 11.4. The van der Waals surface area contributed by atoms with E-state index >= 15 is 0 Å². The molecule has 1 atom stereocenters. The minimum atomic E-state index is -1.07. The number of ether oxygens (including phenoxy) is 1. The Bertz CT molecular complexity index is 471. The average molecular weight is 265 g/mol. The Hall–Kier alpha value is -2.04. The third-order valence-corrected chi connectivity index (χ3v) is 2.59. The van der Waals surface area contributed by atoms with Gasteiger partial charge in [0, 0.05) is 6.54 Å². The summed E-state index contributed by atoms with van der Waals surface area (Å²) >= 11 is 0. The standard InChI is InChI=1S/C14H19NO4/c1-4-7-15-13(16)10(3)19-12-8-9(2)5-6-11(12)14(17)18/h5-6,8,10H,4,7H2,1-3H3,(H,15,16)(H,17,18)/t10-/m0/s1. The number of rotatable bonds is 6. The second-order valence-corrected chi connectivity index (χ2v) is 4.36. The highest BCUT2D eigenvalue weighted by Gasteiger charge is 2.18. The molecule has 0 bridgehead atoms. The molecule has 1 amide bonds. The van der Waals surface area contributed by atoms with Gasteiger partial charge in [-0.25, -0.2) is 4.79 Å². The van der Waals surface area contributed by atoms with Gasteiger partial charge in [-0.1, -0.05) is 13.0 Å². The number of amides is 1. The van der Waals surface area contributed by atoms with Crippen molar-refractivity contribution in [3.05, 3.63) is 29.3 Å². The van der Waals surface area contributed by atoms with Gasteiger partial charge < -0.3 is 15.2 Å². The molecule has 2 N–H and O–H groups in total. The number of hydrogen-bond donors (Lipinski definition) is 2. The number of carbonyl (C=O) groups excluding carboxylic acids is 1. The van der Waals surface area contributed by atoms with Crippen molar-refractivity contribution in [1.29, 1.82) is 0 Å². The normalized spacial score (nSPS) is 11.7. The lowest BCUT2D eigenvalue weighted by molar-refractivity contribution is -0.127. The monoisotopic (exact) mass is 265 g/mol. The van der Waals surface area contributed by atoms with E-state index in [2.05, 4.69) is 5.32 Å². The molecular formula is C14H19NO4. The van der Waals surface area contributed by atoms with Crippen LogP contribution in [0.25, 0.3) is 0 Å². The van der Waals surface area contributed by atoms with E-state index in [1.165, 1.54) is 6.07 Å². The topological polar surface area (TPSA) is 75.6 Å². The van der Waals surface area contributed by atoms with E-state index in [-0.39, 0.29) is 17.2 Å². The minimum absolute atomic E-state index is 0.0562. The first-order valence-corrected chi connectivity index (χ1v) is 6.24. The summed E-state index contributed by atoms with van der Waals surface area (Å²) in [6, 6.07) is 4.79. The first kappa shape index (κ1) is 15.0. The van der Waals surface area contributed by atoms with Crippen molar-refractivity contribution in [1.82, 2.24) is 5.32 Å². The molecule has 0 heterocycles. The molecule has 0 saturated heterocycles. The fourth-order valence-corrected chi connectivity index (χ4v) is 1.54. The number of benzene rings is 1. The molecule has 0 aromatic heterocycles. The van der Waals surface area contributed by atoms with Crippen LogP contribution in [0.15, 0.2) is 18.2 Å². The van der Waals surface area contributed by atoms with Crippen LogP contribution in [-0.4, -0.2) is 29.6 Å². The molecule has 0 spiro atoms. The maximum atomic E-state index is 11.7. The van der Waals surface area contributed by atoms with Crippen LogP contribution in [0.4, 0.5) is 0 Å². The van der Waals surface area contributed by atoms with E-state index in [9.17, 15) is 9.59 Å². The number of nitrogens with one attached hydrogen (secondary N) is 1. The second kappa shape index (κ2) is 6.78. The van der Waals surface area contributed by atoms with Crippen molar-refractivity contribution in [2.24, 2.45) is 0 Å². The Morgan fingerprint density at radius 2 is 2.11 bits per heavy atom. The SMILES string of the molecule is CCCNC(=O)[C@H](C)Oc1cc(C)ccc1C(=O)O. The van der Waals surface area contributed by atoms with E-state index in [1.54, 1.807) is 19.1 Å². The van der Waals surface area contributed by atoms with Crippen LogP contribution in [0, 0.1) is 6.92 Å². The highest BCUT2D eigenvalue weighted by molar-refractivity contribution is 5.91. The van der Waals surface area contributed by atoms with Gasteiger partial charge in [-0.05, 0) is 38.0 Å². The molecule has 5 heteroatoms. The molecule has 0 unspecified atom stereocenters. The van der Waals surface area contributed by atoms with E-state index in [0.29, 0.717) is 6.54 Å². The van der Waals surface area contributed by atoms with Crippen LogP contribution in [0.2, 0.25) is 0 Å². The Balaban J connectivity index is 2.83. The predicted octanol–water partition coefficient (Wildman–Crippen LogP) is 1.99. The maximum absolute atomic E-state index is 11.7. The molecule has 1 aromatic rings. The zero-order chi connectivity index (χ0) is 14.4. The molecule has 1 aromatic carbocycles. The lowest BCUT2D eigenvalue weighted by Gasteiger charge is -2.16. The van der Waals surface area contributed by atoms with Crippen LogP contribution < -0.4 is 10.1 Å². The molecule has 104 valence electrons. The number of hydrogen-bond acceptors (Lipinski definition) is 3. The fourth-order valence-electron chi connectivity index (χ4n) is 1.54. The van der Waals surface area contributed by atoms with Crippen molar-refractivity contribution >= 4 is 11.9 Å². The molecule has 0 saturated carbocycles. The second-order valence-electron chi connectivity index (χ2n) is 4.36. The summed E-state index contributed by atoms with van der Waals surface area (Å²) in [5, 5.41) is 11.8. The smallest absolute Gasteiger partial charge is 0.339 e. The Labute approximate surface area is 112 Å². The van der Waals surface area contributed by atoms with Crippen molar-refractivity contribution in [2.75, 3.05) is 6.54 Å². The highest BCUT2D eigenvalue weighted by Crippen LogP contribution is 2.21. The van der Waals surface area contributed by atoms with Crippen LogP contribution in [0.3, 0.4) is 0 Å². The summed E-state index contributed by atoms with van der Waals surface area (Å²) in [5.74, 6) is -1.11. The van der Waals surface area contributed by atoms with Crippen molar-refractivity contribution in [2.45, 2.75) is 33.3 Å². The molecular weight excluding hydrogens is 246 g/mol. The van der Waals surface area contributed by atoms with Gasteiger partial charge in [-0.3, -0.25) is 4.79 Å². The van der Waals surface area contributed by atoms with Gasteiger partial charge in [-0.15, -0.1) is 0 Å². The molecule has 0 aliphatic carbocycles. The zero-order valence-corrected chi connectivity index (χ0v) is 11.4. The van der Waals surface area contributed by atoms with Crippen molar-refractivity contribution in [3.63, 3.8) is 0 Å². The fraction of sp³-hybridized carbons (Fsp3) is 0.429. The van der Waals surface area contributed by atoms with Crippen LogP contribution >= 0.6 is 0 Å². The van der Waals surface area contributed by atoms with Gasteiger partial charge in [0.05, 0.1) is 0 Å². The van der Waals surface area contributed by atoms with Gasteiger partial charge in [0.15, 0.2) is 6.10 Å². The van der Waals surface area contributed by atoms with E-state index < -0.39 is 12.1 Å². The Morgan fingerprint density at radius 1 is 1.42 bits per heavy atom. The summed E-state index contributed by atoms with van der Waals surface area (Å²) < 4.78 is 5.45. The maximum Gasteiger partial charge on any atom is 0.339 e. The largest absolute Gasteiger partial charge is 0.480 e. The predicted molar refractivity (Wildman–Crippen MR) is 71.5 cm³/mol. The average Bonchev–Trinajstić information content (AvgIpc) is 2.35. The molecule has 1 rings (SSSR count). The van der Waals surface area contributed by atoms with Gasteiger partial charge >= 0.3 is 5.97 Å². The third-order valence-electron chi connectivity index (χ3n) is 2.59. The lowest BCUT2D eigenvalue weighted by atomic mass is 10.1. The first-order valence-electron chi connectivity index (χ1n) is 6.24.